The van der Waals surface area contributed by atoms with E-state index in [4.69, 9.17) is 12.2 Å². The predicted molar refractivity (Wildman–Crippen MR) is 56.1 cm³/mol. The summed E-state index contributed by atoms with van der Waals surface area (Å²) in [6.07, 6.45) is 2.50. The van der Waals surface area contributed by atoms with Crippen LogP contribution in [-0.4, -0.2) is 4.86 Å². The number of rotatable bonds is 4. The fourth-order valence-corrected chi connectivity index (χ4v) is 0.928. The fourth-order valence-electron chi connectivity index (χ4n) is 0.826. The summed E-state index contributed by atoms with van der Waals surface area (Å²) in [5, 5.41) is 0. The second-order valence-corrected chi connectivity index (χ2v) is 4.98. The lowest BCUT2D eigenvalue weighted by atomic mass is 9.83. The van der Waals surface area contributed by atoms with Crippen LogP contribution in [0.3, 0.4) is 0 Å². The molecule has 1 heteroatoms. The maximum absolute atomic E-state index is 5.18. The molecule has 0 bridgehead atoms. The maximum Gasteiger partial charge on any atom is -0.00426 e. The van der Waals surface area contributed by atoms with Crippen molar-refractivity contribution in [2.75, 3.05) is 0 Å². The van der Waals surface area contributed by atoms with Gasteiger partial charge in [-0.1, -0.05) is 46.3 Å². The molecule has 0 nitrogen and oxygen atoms in total. The lowest BCUT2D eigenvalue weighted by molar-refractivity contribution is 0.413. The normalized spacial score (nSPS) is 12.2. The van der Waals surface area contributed by atoms with Crippen molar-refractivity contribution in [1.82, 2.24) is 0 Å². The van der Waals surface area contributed by atoms with E-state index < -0.39 is 0 Å². The molecule has 0 fully saturated rings. The third-order valence-electron chi connectivity index (χ3n) is 2.30. The molecule has 66 valence electrons. The van der Waals surface area contributed by atoms with Crippen LogP contribution in [0.4, 0.5) is 0 Å². The van der Waals surface area contributed by atoms with E-state index in [1.54, 1.807) is 0 Å². The van der Waals surface area contributed by atoms with Crippen molar-refractivity contribution in [2.45, 2.75) is 47.5 Å². The molecule has 0 saturated heterocycles. The first kappa shape index (κ1) is 11.1. The Kier molecular flexibility index (Phi) is 4.23. The van der Waals surface area contributed by atoms with Gasteiger partial charge in [0.1, 0.15) is 0 Å². The van der Waals surface area contributed by atoms with Crippen molar-refractivity contribution in [3.63, 3.8) is 0 Å². The van der Waals surface area contributed by atoms with Gasteiger partial charge >= 0.3 is 0 Å². The van der Waals surface area contributed by atoms with Crippen LogP contribution in [0.2, 0.25) is 0 Å². The highest BCUT2D eigenvalue weighted by Gasteiger charge is 2.19. The van der Waals surface area contributed by atoms with Gasteiger partial charge in [-0.15, -0.1) is 0 Å². The summed E-state index contributed by atoms with van der Waals surface area (Å²) in [5.74, 6) is 0.795. The smallest absolute Gasteiger partial charge is 0.00426 e. The summed E-state index contributed by atoms with van der Waals surface area (Å²) < 4.78 is 0. The molecular formula is C10H20S. The van der Waals surface area contributed by atoms with Crippen LogP contribution >= 0.6 is 12.2 Å². The van der Waals surface area contributed by atoms with Gasteiger partial charge in [0.2, 0.25) is 0 Å². The lowest BCUT2D eigenvalue weighted by Gasteiger charge is -2.24. The first-order valence-electron chi connectivity index (χ1n) is 4.37. The zero-order valence-corrected chi connectivity index (χ0v) is 9.22. The van der Waals surface area contributed by atoms with E-state index in [0.29, 0.717) is 0 Å². The van der Waals surface area contributed by atoms with Crippen LogP contribution in [0.15, 0.2) is 0 Å². The van der Waals surface area contributed by atoms with Crippen LogP contribution in [0.25, 0.3) is 0 Å². The van der Waals surface area contributed by atoms with Crippen LogP contribution in [-0.2, 0) is 0 Å². The molecule has 0 heterocycles. The molecule has 11 heavy (non-hydrogen) atoms. The van der Waals surface area contributed by atoms with Crippen LogP contribution < -0.4 is 0 Å². The Bertz CT molecular complexity index is 134. The van der Waals surface area contributed by atoms with E-state index in [2.05, 4.69) is 34.6 Å². The van der Waals surface area contributed by atoms with Crippen molar-refractivity contribution in [1.29, 1.82) is 0 Å². The van der Waals surface area contributed by atoms with Gasteiger partial charge in [0, 0.05) is 0 Å². The van der Waals surface area contributed by atoms with E-state index in [1.165, 1.54) is 12.8 Å². The summed E-state index contributed by atoms with van der Waals surface area (Å²) in [5.41, 5.74) is 0.263. The van der Waals surface area contributed by atoms with Gasteiger partial charge in [0.05, 0.1) is 0 Å². The molecule has 0 unspecified atom stereocenters. The first-order valence-corrected chi connectivity index (χ1v) is 4.78. The zero-order valence-electron chi connectivity index (χ0n) is 8.40. The summed E-state index contributed by atoms with van der Waals surface area (Å²) >= 11 is 5.18. The molecule has 0 aliphatic heterocycles. The quantitative estimate of drug-likeness (QED) is 0.581. The van der Waals surface area contributed by atoms with Gasteiger partial charge in [-0.3, -0.25) is 0 Å². The van der Waals surface area contributed by atoms with Gasteiger partial charge < -0.3 is 0 Å². The Labute approximate surface area is 76.4 Å². The molecule has 0 aromatic rings. The summed E-state index contributed by atoms with van der Waals surface area (Å²) in [6, 6.07) is 0. The second-order valence-electron chi connectivity index (χ2n) is 4.37. The Morgan fingerprint density at radius 1 is 1.36 bits per heavy atom. The summed E-state index contributed by atoms with van der Waals surface area (Å²) in [6.45, 7) is 11.0. The van der Waals surface area contributed by atoms with Crippen LogP contribution in [0.5, 0.6) is 0 Å². The highest BCUT2D eigenvalue weighted by molar-refractivity contribution is 7.80. The van der Waals surface area contributed by atoms with Crippen LogP contribution in [0.1, 0.15) is 47.5 Å². The summed E-state index contributed by atoms with van der Waals surface area (Å²) in [7, 11) is 0. The molecule has 0 radical (unpaired) electrons. The molecule has 0 rings (SSSR count). The molecular weight excluding hydrogens is 152 g/mol. The maximum atomic E-state index is 5.18. The molecule has 0 N–H and O–H groups in total. The molecule has 0 saturated carbocycles. The van der Waals surface area contributed by atoms with E-state index in [1.807, 2.05) is 0 Å². The van der Waals surface area contributed by atoms with Gasteiger partial charge in [0.25, 0.3) is 0 Å². The minimum atomic E-state index is 0.263. The van der Waals surface area contributed by atoms with Crippen molar-refractivity contribution < 1.29 is 0 Å². The minimum absolute atomic E-state index is 0.263. The third kappa shape index (κ3) is 4.52. The monoisotopic (exact) mass is 172 g/mol. The Morgan fingerprint density at radius 3 is 2.09 bits per heavy atom. The highest BCUT2D eigenvalue weighted by Crippen LogP contribution is 2.26. The van der Waals surface area contributed by atoms with Crippen molar-refractivity contribution in [3.8, 4) is 0 Å². The SMILES string of the molecule is CC(=S)C(C)(C)CCC(C)C. The minimum Gasteiger partial charge on any atom is -0.0894 e. The zero-order chi connectivity index (χ0) is 9.07. The largest absolute Gasteiger partial charge is 0.0894 e. The number of hydrogen-bond donors (Lipinski definition) is 0. The van der Waals surface area contributed by atoms with E-state index in [-0.39, 0.29) is 5.41 Å². The molecule has 0 amide bonds. The number of hydrogen-bond acceptors (Lipinski definition) is 1. The molecule has 0 atom stereocenters. The van der Waals surface area contributed by atoms with E-state index >= 15 is 0 Å². The van der Waals surface area contributed by atoms with Crippen molar-refractivity contribution in [3.05, 3.63) is 0 Å². The second kappa shape index (κ2) is 4.20. The molecule has 0 aromatic heterocycles. The lowest BCUT2D eigenvalue weighted by Crippen LogP contribution is -2.20. The molecule has 0 aliphatic carbocycles. The van der Waals surface area contributed by atoms with Crippen LogP contribution in [0, 0.1) is 11.3 Å². The Morgan fingerprint density at radius 2 is 1.82 bits per heavy atom. The first-order chi connectivity index (χ1) is 4.86. The van der Waals surface area contributed by atoms with Gasteiger partial charge in [-0.2, -0.15) is 0 Å². The molecule has 0 spiro atoms. The van der Waals surface area contributed by atoms with Crippen molar-refractivity contribution in [2.24, 2.45) is 11.3 Å². The standard InChI is InChI=1S/C10H20S/c1-8(2)6-7-10(4,5)9(3)11/h8H,6-7H2,1-5H3. The highest BCUT2D eigenvalue weighted by atomic mass is 32.1. The van der Waals surface area contributed by atoms with E-state index in [0.717, 1.165) is 10.8 Å². The van der Waals surface area contributed by atoms with Gasteiger partial charge in [-0.25, -0.2) is 0 Å². The van der Waals surface area contributed by atoms with E-state index in [9.17, 15) is 0 Å². The van der Waals surface area contributed by atoms with Gasteiger partial charge in [-0.05, 0) is 29.5 Å². The molecule has 0 aliphatic rings. The average molecular weight is 172 g/mol. The Balaban J connectivity index is 3.83. The van der Waals surface area contributed by atoms with Gasteiger partial charge in [0.15, 0.2) is 0 Å². The summed E-state index contributed by atoms with van der Waals surface area (Å²) in [4.78, 5) is 1.14. The van der Waals surface area contributed by atoms with Crippen molar-refractivity contribution >= 4 is 17.1 Å². The molecule has 0 aromatic carbocycles. The average Bonchev–Trinajstić information content (AvgIpc) is 1.84. The Hall–Kier alpha value is 0.0900. The number of thiocarbonyl (C=S) groups is 1. The predicted octanol–water partition coefficient (Wildman–Crippen LogP) is 3.84. The fraction of sp³-hybridized carbons (Fsp3) is 0.900. The topological polar surface area (TPSA) is 0 Å². The third-order valence-corrected chi connectivity index (χ3v) is 2.85.